The van der Waals surface area contributed by atoms with Crippen LogP contribution in [0.25, 0.3) is 0 Å². The predicted molar refractivity (Wildman–Crippen MR) is 116 cm³/mol. The summed E-state index contributed by atoms with van der Waals surface area (Å²) >= 11 is 11.8. The Labute approximate surface area is 180 Å². The SMILES string of the molecule is Cc1ccc(S(=O)(=O)[C@@H](CS(=O)(=O)c2ccc(Cl)c(Cl)c2)c2ccccc2)cc1. The number of halogens is 2. The highest BCUT2D eigenvalue weighted by atomic mass is 35.5. The van der Waals surface area contributed by atoms with Gasteiger partial charge in [-0.15, -0.1) is 0 Å². The number of benzene rings is 3. The fourth-order valence-electron chi connectivity index (χ4n) is 2.89. The molecule has 0 spiro atoms. The van der Waals surface area contributed by atoms with E-state index in [0.29, 0.717) is 5.56 Å². The summed E-state index contributed by atoms with van der Waals surface area (Å²) in [5.74, 6) is -0.620. The van der Waals surface area contributed by atoms with Gasteiger partial charge in [0.25, 0.3) is 0 Å². The van der Waals surface area contributed by atoms with Gasteiger partial charge in [-0.05, 0) is 42.8 Å². The van der Waals surface area contributed by atoms with Crippen LogP contribution < -0.4 is 0 Å². The van der Waals surface area contributed by atoms with Crippen LogP contribution in [0.5, 0.6) is 0 Å². The van der Waals surface area contributed by atoms with E-state index in [2.05, 4.69) is 0 Å². The summed E-state index contributed by atoms with van der Waals surface area (Å²) in [5.41, 5.74) is 1.31. The van der Waals surface area contributed by atoms with Gasteiger partial charge in [0.05, 0.1) is 25.6 Å². The normalized spacial score (nSPS) is 13.2. The van der Waals surface area contributed by atoms with Crippen LogP contribution in [0.3, 0.4) is 0 Å². The Morgan fingerprint density at radius 2 is 1.34 bits per heavy atom. The molecule has 0 bridgehead atoms. The number of hydrogen-bond donors (Lipinski definition) is 0. The highest BCUT2D eigenvalue weighted by Crippen LogP contribution is 2.33. The van der Waals surface area contributed by atoms with Crippen molar-refractivity contribution < 1.29 is 16.8 Å². The first kappa shape index (κ1) is 21.8. The second-order valence-corrected chi connectivity index (χ2v) is 11.6. The van der Waals surface area contributed by atoms with E-state index in [4.69, 9.17) is 23.2 Å². The zero-order valence-electron chi connectivity index (χ0n) is 15.4. The summed E-state index contributed by atoms with van der Waals surface area (Å²) < 4.78 is 52.8. The molecule has 0 fully saturated rings. The highest BCUT2D eigenvalue weighted by molar-refractivity contribution is 7.95. The molecule has 0 amide bonds. The molecule has 0 N–H and O–H groups in total. The standard InChI is InChI=1S/C21H18Cl2O4S2/c1-15-7-9-17(10-8-15)29(26,27)21(16-5-3-2-4-6-16)14-28(24,25)18-11-12-19(22)20(23)13-18/h2-13,21H,14H2,1H3/t21-/m0/s1. The Balaban J connectivity index is 2.09. The minimum atomic E-state index is -3.97. The van der Waals surface area contributed by atoms with Gasteiger partial charge in [-0.3, -0.25) is 0 Å². The Bertz CT molecular complexity index is 1220. The molecule has 0 saturated carbocycles. The van der Waals surface area contributed by atoms with E-state index in [-0.39, 0.29) is 19.8 Å². The fourth-order valence-corrected chi connectivity index (χ4v) is 7.22. The molecule has 3 aromatic carbocycles. The van der Waals surface area contributed by atoms with Crippen molar-refractivity contribution in [1.82, 2.24) is 0 Å². The van der Waals surface area contributed by atoms with Crippen LogP contribution >= 0.6 is 23.2 Å². The van der Waals surface area contributed by atoms with E-state index in [1.807, 2.05) is 6.92 Å². The van der Waals surface area contributed by atoms with Crippen molar-refractivity contribution in [3.05, 3.63) is 94.0 Å². The number of hydrogen-bond acceptors (Lipinski definition) is 4. The van der Waals surface area contributed by atoms with E-state index < -0.39 is 30.7 Å². The van der Waals surface area contributed by atoms with Gasteiger partial charge in [-0.25, -0.2) is 16.8 Å². The molecule has 8 heteroatoms. The third-order valence-corrected chi connectivity index (χ3v) is 9.33. The molecule has 3 aromatic rings. The van der Waals surface area contributed by atoms with Gasteiger partial charge in [-0.2, -0.15) is 0 Å². The summed E-state index contributed by atoms with van der Waals surface area (Å²) in [6, 6.07) is 18.6. The monoisotopic (exact) mass is 468 g/mol. The summed E-state index contributed by atoms with van der Waals surface area (Å²) in [6.07, 6.45) is 0. The molecule has 29 heavy (non-hydrogen) atoms. The quantitative estimate of drug-likeness (QED) is 0.492. The van der Waals surface area contributed by atoms with Crippen LogP contribution in [0.1, 0.15) is 16.4 Å². The Hall–Kier alpha value is -1.86. The fraction of sp³-hybridized carbons (Fsp3) is 0.143. The topological polar surface area (TPSA) is 68.3 Å². The summed E-state index contributed by atoms with van der Waals surface area (Å²) in [5, 5.41) is -0.964. The second kappa shape index (κ2) is 8.48. The van der Waals surface area contributed by atoms with Crippen molar-refractivity contribution in [2.24, 2.45) is 0 Å². The van der Waals surface area contributed by atoms with Gasteiger partial charge in [-0.1, -0.05) is 71.2 Å². The molecule has 0 radical (unpaired) electrons. The van der Waals surface area contributed by atoms with Gasteiger partial charge in [0.15, 0.2) is 19.7 Å². The number of aryl methyl sites for hydroxylation is 1. The lowest BCUT2D eigenvalue weighted by atomic mass is 10.2. The Morgan fingerprint density at radius 1 is 0.759 bits per heavy atom. The van der Waals surface area contributed by atoms with Crippen molar-refractivity contribution in [3.8, 4) is 0 Å². The number of sulfone groups is 2. The minimum Gasteiger partial charge on any atom is -0.224 e. The lowest BCUT2D eigenvalue weighted by Gasteiger charge is -2.19. The third kappa shape index (κ3) is 4.83. The van der Waals surface area contributed by atoms with E-state index in [1.54, 1.807) is 42.5 Å². The molecule has 4 nitrogen and oxygen atoms in total. The summed E-state index contributed by atoms with van der Waals surface area (Å²) in [7, 11) is -7.94. The minimum absolute atomic E-state index is 0.0706. The summed E-state index contributed by atoms with van der Waals surface area (Å²) in [6.45, 7) is 1.85. The van der Waals surface area contributed by atoms with E-state index >= 15 is 0 Å². The predicted octanol–water partition coefficient (Wildman–Crippen LogP) is 5.29. The van der Waals surface area contributed by atoms with Crippen molar-refractivity contribution in [3.63, 3.8) is 0 Å². The molecule has 0 aliphatic carbocycles. The molecular formula is C21H18Cl2O4S2. The molecule has 0 heterocycles. The average Bonchev–Trinajstić information content (AvgIpc) is 2.69. The van der Waals surface area contributed by atoms with Gasteiger partial charge >= 0.3 is 0 Å². The molecule has 0 aromatic heterocycles. The average molecular weight is 469 g/mol. The molecule has 0 aliphatic rings. The first-order valence-electron chi connectivity index (χ1n) is 8.64. The third-order valence-electron chi connectivity index (χ3n) is 4.52. The lowest BCUT2D eigenvalue weighted by molar-refractivity contribution is 0.576. The van der Waals surface area contributed by atoms with Gasteiger partial charge in [0.2, 0.25) is 0 Å². The molecule has 0 unspecified atom stereocenters. The van der Waals surface area contributed by atoms with Crippen LogP contribution in [-0.4, -0.2) is 22.6 Å². The smallest absolute Gasteiger partial charge is 0.186 e. The molecular weight excluding hydrogens is 451 g/mol. The molecule has 152 valence electrons. The molecule has 0 saturated heterocycles. The summed E-state index contributed by atoms with van der Waals surface area (Å²) in [4.78, 5) is -0.00627. The van der Waals surface area contributed by atoms with Crippen molar-refractivity contribution in [1.29, 1.82) is 0 Å². The first-order chi connectivity index (χ1) is 13.6. The van der Waals surface area contributed by atoms with Crippen molar-refractivity contribution >= 4 is 42.9 Å². The van der Waals surface area contributed by atoms with Crippen molar-refractivity contribution in [2.45, 2.75) is 22.0 Å². The van der Waals surface area contributed by atoms with E-state index in [1.165, 1.54) is 30.3 Å². The maximum atomic E-state index is 13.4. The van der Waals surface area contributed by atoms with Crippen LogP contribution in [0, 0.1) is 6.92 Å². The van der Waals surface area contributed by atoms with Crippen LogP contribution in [0.2, 0.25) is 10.0 Å². The largest absolute Gasteiger partial charge is 0.224 e. The van der Waals surface area contributed by atoms with Crippen LogP contribution in [-0.2, 0) is 19.7 Å². The highest BCUT2D eigenvalue weighted by Gasteiger charge is 2.34. The maximum Gasteiger partial charge on any atom is 0.186 e. The van der Waals surface area contributed by atoms with E-state index in [0.717, 1.165) is 5.56 Å². The molecule has 1 atom stereocenters. The molecule has 0 aliphatic heterocycles. The van der Waals surface area contributed by atoms with E-state index in [9.17, 15) is 16.8 Å². The Kier molecular flexibility index (Phi) is 6.39. The van der Waals surface area contributed by atoms with Crippen LogP contribution in [0.15, 0.2) is 82.6 Å². The first-order valence-corrected chi connectivity index (χ1v) is 12.6. The number of rotatable bonds is 6. The maximum absolute atomic E-state index is 13.4. The Morgan fingerprint density at radius 3 is 1.93 bits per heavy atom. The van der Waals surface area contributed by atoms with Crippen LogP contribution in [0.4, 0.5) is 0 Å². The molecule has 3 rings (SSSR count). The zero-order chi connectivity index (χ0) is 21.2. The van der Waals surface area contributed by atoms with Gasteiger partial charge < -0.3 is 0 Å². The lowest BCUT2D eigenvalue weighted by Crippen LogP contribution is -2.23. The van der Waals surface area contributed by atoms with Crippen molar-refractivity contribution in [2.75, 3.05) is 5.75 Å². The zero-order valence-corrected chi connectivity index (χ0v) is 18.6. The van der Waals surface area contributed by atoms with Gasteiger partial charge in [0, 0.05) is 0 Å². The van der Waals surface area contributed by atoms with Gasteiger partial charge in [0.1, 0.15) is 5.25 Å². The second-order valence-electron chi connectivity index (χ2n) is 6.61.